The molecule has 0 radical (unpaired) electrons. The van der Waals surface area contributed by atoms with Crippen LogP contribution in [-0.2, 0) is 14.6 Å². The molecule has 142 valence electrons. The summed E-state index contributed by atoms with van der Waals surface area (Å²) in [5, 5.41) is 3.32. The first-order valence-electron chi connectivity index (χ1n) is 8.55. The van der Waals surface area contributed by atoms with Gasteiger partial charge in [0.15, 0.2) is 14.9 Å². The van der Waals surface area contributed by atoms with Gasteiger partial charge < -0.3 is 14.8 Å². The lowest BCUT2D eigenvalue weighted by Crippen LogP contribution is -2.37. The highest BCUT2D eigenvalue weighted by molar-refractivity contribution is 7.90. The van der Waals surface area contributed by atoms with E-state index in [9.17, 15) is 8.42 Å². The van der Waals surface area contributed by atoms with E-state index >= 15 is 0 Å². The van der Waals surface area contributed by atoms with Gasteiger partial charge in [-0.1, -0.05) is 0 Å². The minimum Gasteiger partial charge on any atom is -0.473 e. The van der Waals surface area contributed by atoms with Gasteiger partial charge in [-0.15, -0.1) is 12.4 Å². The highest BCUT2D eigenvalue weighted by Crippen LogP contribution is 2.26. The second-order valence-corrected chi connectivity index (χ2v) is 8.53. The van der Waals surface area contributed by atoms with E-state index in [4.69, 9.17) is 9.47 Å². The molecule has 1 aliphatic carbocycles. The standard InChI is InChI=1S/C16H25N3O4S.ClH/c1-24(20,21)16-11-18-15(10-19-16)23-13-4-2-12(3-5-13)22-14-6-8-17-9-7-14;/h10-14,17H,2-9H2,1H3;1H. The fraction of sp³-hybridized carbons (Fsp3) is 0.750. The Hall–Kier alpha value is -0.960. The van der Waals surface area contributed by atoms with E-state index in [0.29, 0.717) is 18.1 Å². The summed E-state index contributed by atoms with van der Waals surface area (Å²) in [7, 11) is -3.32. The number of hydrogen-bond acceptors (Lipinski definition) is 7. The Morgan fingerprint density at radius 2 is 1.56 bits per heavy atom. The van der Waals surface area contributed by atoms with Gasteiger partial charge in [-0.25, -0.2) is 18.4 Å². The first kappa shape index (κ1) is 20.4. The molecule has 0 atom stereocenters. The van der Waals surface area contributed by atoms with Crippen LogP contribution in [0.5, 0.6) is 5.88 Å². The zero-order valence-electron chi connectivity index (χ0n) is 14.4. The number of halogens is 1. The maximum atomic E-state index is 11.4. The minimum atomic E-state index is -3.32. The van der Waals surface area contributed by atoms with E-state index < -0.39 is 9.84 Å². The molecule has 2 fully saturated rings. The highest BCUT2D eigenvalue weighted by atomic mass is 35.5. The van der Waals surface area contributed by atoms with Crippen LogP contribution >= 0.6 is 12.4 Å². The number of piperidine rings is 1. The topological polar surface area (TPSA) is 90.4 Å². The van der Waals surface area contributed by atoms with Crippen LogP contribution < -0.4 is 10.1 Å². The molecule has 1 aromatic heterocycles. The van der Waals surface area contributed by atoms with Crippen LogP contribution in [0.2, 0.25) is 0 Å². The Morgan fingerprint density at radius 1 is 0.960 bits per heavy atom. The molecule has 3 rings (SSSR count). The molecule has 25 heavy (non-hydrogen) atoms. The molecule has 1 aromatic rings. The van der Waals surface area contributed by atoms with Crippen LogP contribution in [0.15, 0.2) is 17.4 Å². The molecule has 0 aromatic carbocycles. The Morgan fingerprint density at radius 3 is 2.12 bits per heavy atom. The number of hydrogen-bond donors (Lipinski definition) is 1. The molecular formula is C16H26ClN3O4S. The molecule has 7 nitrogen and oxygen atoms in total. The summed E-state index contributed by atoms with van der Waals surface area (Å²) in [6.45, 7) is 2.09. The van der Waals surface area contributed by atoms with Gasteiger partial charge in [0, 0.05) is 6.26 Å². The van der Waals surface area contributed by atoms with Crippen molar-refractivity contribution in [1.29, 1.82) is 0 Å². The lowest BCUT2D eigenvalue weighted by Gasteiger charge is -2.32. The third-order valence-corrected chi connectivity index (χ3v) is 5.53. The fourth-order valence-electron chi connectivity index (χ4n) is 3.22. The SMILES string of the molecule is CS(=O)(=O)c1cnc(OC2CCC(OC3CCNCC3)CC2)cn1.Cl. The quantitative estimate of drug-likeness (QED) is 0.817. The molecule has 1 N–H and O–H groups in total. The second-order valence-electron chi connectivity index (χ2n) is 6.57. The predicted molar refractivity (Wildman–Crippen MR) is 96.0 cm³/mol. The number of nitrogens with zero attached hydrogens (tertiary/aromatic N) is 2. The Bertz CT molecular complexity index is 627. The van der Waals surface area contributed by atoms with Gasteiger partial charge in [0.2, 0.25) is 5.88 Å². The first-order valence-corrected chi connectivity index (χ1v) is 10.4. The third-order valence-electron chi connectivity index (χ3n) is 4.56. The first-order chi connectivity index (χ1) is 11.5. The van der Waals surface area contributed by atoms with Crippen molar-refractivity contribution in [2.45, 2.75) is 61.9 Å². The van der Waals surface area contributed by atoms with Crippen molar-refractivity contribution in [2.75, 3.05) is 19.3 Å². The minimum absolute atomic E-state index is 0. The molecule has 1 saturated heterocycles. The summed E-state index contributed by atoms with van der Waals surface area (Å²) in [4.78, 5) is 7.95. The summed E-state index contributed by atoms with van der Waals surface area (Å²) in [5.41, 5.74) is 0. The van der Waals surface area contributed by atoms with Gasteiger partial charge in [-0.2, -0.15) is 0 Å². The largest absolute Gasteiger partial charge is 0.473 e. The van der Waals surface area contributed by atoms with Crippen molar-refractivity contribution in [2.24, 2.45) is 0 Å². The van der Waals surface area contributed by atoms with Crippen LogP contribution in [0.1, 0.15) is 38.5 Å². The molecule has 0 bridgehead atoms. The molecule has 2 heterocycles. The second kappa shape index (κ2) is 9.12. The lowest BCUT2D eigenvalue weighted by atomic mass is 9.94. The van der Waals surface area contributed by atoms with Crippen molar-refractivity contribution in [1.82, 2.24) is 15.3 Å². The fourth-order valence-corrected chi connectivity index (χ4v) is 3.71. The third kappa shape index (κ3) is 6.06. The average Bonchev–Trinajstić information content (AvgIpc) is 2.57. The zero-order valence-corrected chi connectivity index (χ0v) is 16.0. The van der Waals surface area contributed by atoms with E-state index in [1.54, 1.807) is 0 Å². The van der Waals surface area contributed by atoms with Crippen molar-refractivity contribution in [3.05, 3.63) is 12.4 Å². The van der Waals surface area contributed by atoms with Crippen LogP contribution in [0.4, 0.5) is 0 Å². The van der Waals surface area contributed by atoms with Gasteiger partial charge in [0.25, 0.3) is 0 Å². The summed E-state index contributed by atoms with van der Waals surface area (Å²) in [5.74, 6) is 0.380. The van der Waals surface area contributed by atoms with Crippen LogP contribution in [-0.4, -0.2) is 56.0 Å². The highest BCUT2D eigenvalue weighted by Gasteiger charge is 2.26. The normalized spacial score (nSPS) is 25.2. The van der Waals surface area contributed by atoms with Crippen molar-refractivity contribution >= 4 is 22.2 Å². The molecule has 2 aliphatic rings. The van der Waals surface area contributed by atoms with Gasteiger partial charge in [0.1, 0.15) is 6.10 Å². The van der Waals surface area contributed by atoms with Crippen molar-refractivity contribution in [3.8, 4) is 5.88 Å². The summed E-state index contributed by atoms with van der Waals surface area (Å²) in [6.07, 6.45) is 10.6. The zero-order chi connectivity index (χ0) is 17.0. The Balaban J connectivity index is 0.00000225. The summed E-state index contributed by atoms with van der Waals surface area (Å²) < 4.78 is 34.8. The number of nitrogens with one attached hydrogen (secondary N) is 1. The van der Waals surface area contributed by atoms with Crippen LogP contribution in [0.25, 0.3) is 0 Å². The number of aromatic nitrogens is 2. The van der Waals surface area contributed by atoms with Gasteiger partial charge in [-0.3, -0.25) is 0 Å². The number of ether oxygens (including phenoxy) is 2. The lowest BCUT2D eigenvalue weighted by molar-refractivity contribution is -0.0552. The maximum Gasteiger partial charge on any atom is 0.232 e. The molecule has 0 unspecified atom stereocenters. The monoisotopic (exact) mass is 391 g/mol. The van der Waals surface area contributed by atoms with E-state index in [0.717, 1.165) is 57.9 Å². The van der Waals surface area contributed by atoms with Crippen molar-refractivity contribution < 1.29 is 17.9 Å². The van der Waals surface area contributed by atoms with Crippen LogP contribution in [0.3, 0.4) is 0 Å². The van der Waals surface area contributed by atoms with Gasteiger partial charge >= 0.3 is 0 Å². The van der Waals surface area contributed by atoms with Gasteiger partial charge in [0.05, 0.1) is 24.6 Å². The Labute approximate surface area is 155 Å². The number of rotatable bonds is 5. The van der Waals surface area contributed by atoms with Gasteiger partial charge in [-0.05, 0) is 51.6 Å². The number of sulfone groups is 1. The van der Waals surface area contributed by atoms with E-state index in [1.165, 1.54) is 12.4 Å². The average molecular weight is 392 g/mol. The molecule has 9 heteroatoms. The smallest absolute Gasteiger partial charge is 0.232 e. The molecule has 1 aliphatic heterocycles. The summed E-state index contributed by atoms with van der Waals surface area (Å²) in [6, 6.07) is 0. The summed E-state index contributed by atoms with van der Waals surface area (Å²) >= 11 is 0. The van der Waals surface area contributed by atoms with E-state index in [2.05, 4.69) is 15.3 Å². The molecular weight excluding hydrogens is 366 g/mol. The molecule has 0 spiro atoms. The van der Waals surface area contributed by atoms with Crippen LogP contribution in [0, 0.1) is 0 Å². The molecule has 1 saturated carbocycles. The van der Waals surface area contributed by atoms with E-state index in [-0.39, 0.29) is 23.5 Å². The van der Waals surface area contributed by atoms with Crippen molar-refractivity contribution in [3.63, 3.8) is 0 Å². The Kier molecular flexibility index (Phi) is 7.42. The maximum absolute atomic E-state index is 11.4. The van der Waals surface area contributed by atoms with E-state index in [1.807, 2.05) is 0 Å². The predicted octanol–water partition coefficient (Wildman–Crippen LogP) is 1.76. The molecule has 0 amide bonds.